The van der Waals surface area contributed by atoms with Gasteiger partial charge in [-0.25, -0.2) is 0 Å². The van der Waals surface area contributed by atoms with Crippen molar-refractivity contribution in [2.45, 2.75) is 32.2 Å². The van der Waals surface area contributed by atoms with Crippen LogP contribution in [0.25, 0.3) is 0 Å². The zero-order valence-electron chi connectivity index (χ0n) is 12.8. The van der Waals surface area contributed by atoms with Crippen LogP contribution in [0, 0.1) is 0 Å². The summed E-state index contributed by atoms with van der Waals surface area (Å²) in [6.45, 7) is 1.30. The third-order valence-electron chi connectivity index (χ3n) is 4.11. The molecule has 1 aliphatic carbocycles. The summed E-state index contributed by atoms with van der Waals surface area (Å²) in [7, 11) is 1.61. The van der Waals surface area contributed by atoms with Gasteiger partial charge in [0.25, 0.3) is 5.91 Å². The number of aromatic nitrogens is 2. The van der Waals surface area contributed by atoms with E-state index >= 15 is 0 Å². The molecular formula is C17H21N3O2. The van der Waals surface area contributed by atoms with E-state index in [-0.39, 0.29) is 5.91 Å². The molecule has 5 nitrogen and oxygen atoms in total. The Morgan fingerprint density at radius 2 is 2.05 bits per heavy atom. The number of benzene rings is 1. The molecule has 22 heavy (non-hydrogen) atoms. The van der Waals surface area contributed by atoms with Gasteiger partial charge in [-0.05, 0) is 55.5 Å². The normalized spacial score (nSPS) is 13.5. The molecule has 0 aliphatic heterocycles. The highest BCUT2D eigenvalue weighted by atomic mass is 16.5. The van der Waals surface area contributed by atoms with E-state index in [1.165, 1.54) is 24.1 Å². The van der Waals surface area contributed by atoms with E-state index in [1.54, 1.807) is 31.4 Å². The molecule has 0 bridgehead atoms. The molecule has 1 amide bonds. The summed E-state index contributed by atoms with van der Waals surface area (Å²) in [5, 5.41) is 7.38. The third kappa shape index (κ3) is 3.13. The summed E-state index contributed by atoms with van der Waals surface area (Å²) in [4.78, 5) is 12.1. The second-order valence-corrected chi connectivity index (χ2v) is 5.53. The summed E-state index contributed by atoms with van der Waals surface area (Å²) in [5.41, 5.74) is 3.35. The number of nitrogens with zero attached hydrogens (tertiary/aromatic N) is 2. The highest BCUT2D eigenvalue weighted by Crippen LogP contribution is 2.20. The fourth-order valence-corrected chi connectivity index (χ4v) is 2.87. The first-order chi connectivity index (χ1) is 10.8. The lowest BCUT2D eigenvalue weighted by Crippen LogP contribution is -2.28. The maximum atomic E-state index is 12.1. The zero-order chi connectivity index (χ0) is 15.4. The van der Waals surface area contributed by atoms with Crippen LogP contribution in [0.15, 0.2) is 30.5 Å². The zero-order valence-corrected chi connectivity index (χ0v) is 12.8. The SMILES string of the molecule is COc1ccc(C(=O)NCCn2ncc3c2CCCC3)cc1. The molecule has 0 atom stereocenters. The first-order valence-corrected chi connectivity index (χ1v) is 7.74. The Balaban J connectivity index is 1.54. The molecule has 1 aromatic heterocycles. The number of ether oxygens (including phenoxy) is 1. The van der Waals surface area contributed by atoms with Crippen molar-refractivity contribution >= 4 is 5.91 Å². The molecule has 0 saturated carbocycles. The maximum Gasteiger partial charge on any atom is 0.251 e. The Kier molecular flexibility index (Phi) is 4.42. The summed E-state index contributed by atoms with van der Waals surface area (Å²) < 4.78 is 7.12. The number of nitrogens with one attached hydrogen (secondary N) is 1. The fourth-order valence-electron chi connectivity index (χ4n) is 2.87. The third-order valence-corrected chi connectivity index (χ3v) is 4.11. The molecule has 5 heteroatoms. The molecule has 0 fully saturated rings. The smallest absolute Gasteiger partial charge is 0.251 e. The molecule has 0 radical (unpaired) electrons. The van der Waals surface area contributed by atoms with Gasteiger partial charge >= 0.3 is 0 Å². The van der Waals surface area contributed by atoms with Gasteiger partial charge in [-0.15, -0.1) is 0 Å². The summed E-state index contributed by atoms with van der Waals surface area (Å²) in [5.74, 6) is 0.684. The van der Waals surface area contributed by atoms with Crippen molar-refractivity contribution in [2.24, 2.45) is 0 Å². The van der Waals surface area contributed by atoms with Crippen LogP contribution >= 0.6 is 0 Å². The molecule has 0 spiro atoms. The lowest BCUT2D eigenvalue weighted by atomic mass is 9.98. The van der Waals surface area contributed by atoms with Crippen LogP contribution in [0.4, 0.5) is 0 Å². The Hall–Kier alpha value is -2.30. The lowest BCUT2D eigenvalue weighted by molar-refractivity contribution is 0.0952. The molecule has 1 aromatic carbocycles. The van der Waals surface area contributed by atoms with Gasteiger partial charge in [-0.3, -0.25) is 9.48 Å². The number of hydrogen-bond donors (Lipinski definition) is 1. The average molecular weight is 299 g/mol. The van der Waals surface area contributed by atoms with Crippen molar-refractivity contribution in [3.05, 3.63) is 47.3 Å². The quantitative estimate of drug-likeness (QED) is 0.921. The Bertz CT molecular complexity index is 646. The largest absolute Gasteiger partial charge is 0.497 e. The van der Waals surface area contributed by atoms with Gasteiger partial charge in [-0.2, -0.15) is 5.10 Å². The van der Waals surface area contributed by atoms with Gasteiger partial charge in [0.05, 0.1) is 19.9 Å². The highest BCUT2D eigenvalue weighted by Gasteiger charge is 2.14. The molecule has 3 rings (SSSR count). The predicted molar refractivity (Wildman–Crippen MR) is 84.2 cm³/mol. The van der Waals surface area contributed by atoms with Gasteiger partial charge in [0, 0.05) is 17.8 Å². The molecule has 0 unspecified atom stereocenters. The first kappa shape index (κ1) is 14.6. The van der Waals surface area contributed by atoms with E-state index in [4.69, 9.17) is 4.74 Å². The van der Waals surface area contributed by atoms with Crippen LogP contribution in [-0.2, 0) is 19.4 Å². The van der Waals surface area contributed by atoms with E-state index in [0.29, 0.717) is 12.1 Å². The minimum absolute atomic E-state index is 0.0660. The number of methoxy groups -OCH3 is 1. The second-order valence-electron chi connectivity index (χ2n) is 5.53. The summed E-state index contributed by atoms with van der Waals surface area (Å²) in [6, 6.07) is 7.12. The standard InChI is InChI=1S/C17H21N3O2/c1-22-15-8-6-13(7-9-15)17(21)18-10-11-20-16-5-3-2-4-14(16)12-19-20/h6-9,12H,2-5,10-11H2,1H3,(H,18,21). The van der Waals surface area contributed by atoms with Gasteiger partial charge < -0.3 is 10.1 Å². The number of rotatable bonds is 5. The summed E-state index contributed by atoms with van der Waals surface area (Å²) in [6.07, 6.45) is 6.69. The number of aryl methyl sites for hydroxylation is 1. The van der Waals surface area contributed by atoms with Crippen molar-refractivity contribution < 1.29 is 9.53 Å². The van der Waals surface area contributed by atoms with Crippen molar-refractivity contribution in [1.29, 1.82) is 0 Å². The number of hydrogen-bond acceptors (Lipinski definition) is 3. The Labute approximate surface area is 130 Å². The predicted octanol–water partition coefficient (Wildman–Crippen LogP) is 2.20. The highest BCUT2D eigenvalue weighted by molar-refractivity contribution is 5.94. The monoisotopic (exact) mass is 299 g/mol. The van der Waals surface area contributed by atoms with Crippen LogP contribution in [0.2, 0.25) is 0 Å². The van der Waals surface area contributed by atoms with Gasteiger partial charge in [0.2, 0.25) is 0 Å². The molecule has 1 aliphatic rings. The van der Waals surface area contributed by atoms with Crippen molar-refractivity contribution in [3.63, 3.8) is 0 Å². The van der Waals surface area contributed by atoms with Crippen LogP contribution in [0.5, 0.6) is 5.75 Å². The van der Waals surface area contributed by atoms with Crippen LogP contribution < -0.4 is 10.1 Å². The van der Waals surface area contributed by atoms with Crippen molar-refractivity contribution in [1.82, 2.24) is 15.1 Å². The van der Waals surface area contributed by atoms with E-state index in [2.05, 4.69) is 10.4 Å². The molecular weight excluding hydrogens is 278 g/mol. The van der Waals surface area contributed by atoms with E-state index in [9.17, 15) is 4.79 Å². The number of amides is 1. The molecule has 1 N–H and O–H groups in total. The minimum atomic E-state index is -0.0660. The van der Waals surface area contributed by atoms with Crippen LogP contribution in [-0.4, -0.2) is 29.3 Å². The average Bonchev–Trinajstić information content (AvgIpc) is 2.98. The van der Waals surface area contributed by atoms with Crippen molar-refractivity contribution in [2.75, 3.05) is 13.7 Å². The Morgan fingerprint density at radius 3 is 2.82 bits per heavy atom. The lowest BCUT2D eigenvalue weighted by Gasteiger charge is -2.14. The molecule has 2 aromatic rings. The molecule has 0 saturated heterocycles. The fraction of sp³-hybridized carbons (Fsp3) is 0.412. The number of fused-ring (bicyclic) bond motifs is 1. The van der Waals surface area contributed by atoms with E-state index < -0.39 is 0 Å². The second kappa shape index (κ2) is 6.64. The number of carbonyl (C=O) groups is 1. The van der Waals surface area contributed by atoms with Gasteiger partial charge in [0.1, 0.15) is 5.75 Å². The number of carbonyl (C=O) groups excluding carboxylic acids is 1. The molecule has 1 heterocycles. The van der Waals surface area contributed by atoms with E-state index in [0.717, 1.165) is 25.1 Å². The first-order valence-electron chi connectivity index (χ1n) is 7.74. The van der Waals surface area contributed by atoms with Crippen molar-refractivity contribution in [3.8, 4) is 5.75 Å². The van der Waals surface area contributed by atoms with Crippen LogP contribution in [0.1, 0.15) is 34.5 Å². The van der Waals surface area contributed by atoms with Gasteiger partial charge in [0.15, 0.2) is 0 Å². The van der Waals surface area contributed by atoms with Gasteiger partial charge in [-0.1, -0.05) is 0 Å². The Morgan fingerprint density at radius 1 is 1.27 bits per heavy atom. The molecule has 116 valence electrons. The minimum Gasteiger partial charge on any atom is -0.497 e. The van der Waals surface area contributed by atoms with E-state index in [1.807, 2.05) is 10.9 Å². The maximum absolute atomic E-state index is 12.1. The summed E-state index contributed by atoms with van der Waals surface area (Å²) >= 11 is 0. The topological polar surface area (TPSA) is 56.1 Å². The van der Waals surface area contributed by atoms with Crippen LogP contribution in [0.3, 0.4) is 0 Å².